The van der Waals surface area contributed by atoms with Crippen LogP contribution in [0.2, 0.25) is 0 Å². The molecule has 134 valence electrons. The van der Waals surface area contributed by atoms with Gasteiger partial charge in [0.15, 0.2) is 11.6 Å². The van der Waals surface area contributed by atoms with Crippen LogP contribution in [-0.4, -0.2) is 42.1 Å². The Morgan fingerprint density at radius 3 is 2.56 bits per heavy atom. The normalized spacial score (nSPS) is 14.0. The summed E-state index contributed by atoms with van der Waals surface area (Å²) < 4.78 is 26.3. The van der Waals surface area contributed by atoms with Crippen molar-refractivity contribution in [3.05, 3.63) is 47.2 Å². The molecule has 1 aliphatic rings. The molecule has 3 rings (SSSR count). The van der Waals surface area contributed by atoms with Gasteiger partial charge in [-0.15, -0.1) is 0 Å². The smallest absolute Gasteiger partial charge is 0.224 e. The third-order valence-corrected chi connectivity index (χ3v) is 4.04. The van der Waals surface area contributed by atoms with Crippen LogP contribution in [0, 0.1) is 11.6 Å². The van der Waals surface area contributed by atoms with Gasteiger partial charge < -0.3 is 15.5 Å². The molecule has 0 aliphatic heterocycles. The number of benzene rings is 1. The summed E-state index contributed by atoms with van der Waals surface area (Å²) in [6.07, 6.45) is 2.30. The quantitative estimate of drug-likeness (QED) is 0.768. The Bertz CT molecular complexity index is 731. The van der Waals surface area contributed by atoms with E-state index in [1.54, 1.807) is 6.07 Å². The van der Waals surface area contributed by atoms with Gasteiger partial charge >= 0.3 is 0 Å². The van der Waals surface area contributed by atoms with Crippen molar-refractivity contribution in [1.29, 1.82) is 0 Å². The van der Waals surface area contributed by atoms with Gasteiger partial charge in [0.05, 0.1) is 5.69 Å². The lowest BCUT2D eigenvalue weighted by Gasteiger charge is -2.13. The van der Waals surface area contributed by atoms with E-state index >= 15 is 0 Å². The third kappa shape index (κ3) is 5.09. The average Bonchev–Trinajstić information content (AvgIpc) is 3.40. The molecule has 2 aromatic rings. The first-order valence-corrected chi connectivity index (χ1v) is 8.46. The van der Waals surface area contributed by atoms with Crippen LogP contribution < -0.4 is 10.6 Å². The number of aromatic nitrogens is 2. The molecule has 1 heterocycles. The molecule has 0 unspecified atom stereocenters. The van der Waals surface area contributed by atoms with E-state index < -0.39 is 11.6 Å². The van der Waals surface area contributed by atoms with Crippen LogP contribution in [0.15, 0.2) is 24.3 Å². The standard InChI is InChI=1S/C18H23F2N5/c1-25(2)8-7-21-18-23-16(13-4-5-13)10-17(24-18)22-11-12-3-6-14(19)15(20)9-12/h3,6,9-10,13H,4-5,7-8,11H2,1-2H3,(H2,21,22,23,24). The van der Waals surface area contributed by atoms with Gasteiger partial charge in [-0.05, 0) is 44.6 Å². The number of anilines is 2. The molecule has 5 nitrogen and oxygen atoms in total. The molecular weight excluding hydrogens is 324 g/mol. The molecule has 2 N–H and O–H groups in total. The summed E-state index contributed by atoms with van der Waals surface area (Å²) in [5.74, 6) is 0.107. The summed E-state index contributed by atoms with van der Waals surface area (Å²) in [6.45, 7) is 2.01. The molecule has 0 spiro atoms. The topological polar surface area (TPSA) is 53.1 Å². The minimum Gasteiger partial charge on any atom is -0.366 e. The number of nitrogens with one attached hydrogen (secondary N) is 2. The van der Waals surface area contributed by atoms with Gasteiger partial charge in [0.1, 0.15) is 5.82 Å². The Hall–Kier alpha value is -2.28. The van der Waals surface area contributed by atoms with E-state index in [1.165, 1.54) is 6.07 Å². The molecule has 1 saturated carbocycles. The zero-order valence-corrected chi connectivity index (χ0v) is 14.5. The zero-order chi connectivity index (χ0) is 17.8. The van der Waals surface area contributed by atoms with Crippen molar-refractivity contribution < 1.29 is 8.78 Å². The fourth-order valence-corrected chi connectivity index (χ4v) is 2.46. The second-order valence-corrected chi connectivity index (χ2v) is 6.61. The summed E-state index contributed by atoms with van der Waals surface area (Å²) in [7, 11) is 4.02. The third-order valence-electron chi connectivity index (χ3n) is 4.04. The summed E-state index contributed by atoms with van der Waals surface area (Å²) >= 11 is 0. The van der Waals surface area contributed by atoms with E-state index in [2.05, 4.69) is 25.5 Å². The SMILES string of the molecule is CN(C)CCNc1nc(NCc2ccc(F)c(F)c2)cc(C2CC2)n1. The Kier molecular flexibility index (Phi) is 5.43. The van der Waals surface area contributed by atoms with Crippen LogP contribution >= 0.6 is 0 Å². The molecule has 0 saturated heterocycles. The zero-order valence-electron chi connectivity index (χ0n) is 14.5. The molecular formula is C18H23F2N5. The Balaban J connectivity index is 1.68. The van der Waals surface area contributed by atoms with Gasteiger partial charge in [-0.2, -0.15) is 4.98 Å². The predicted octanol–water partition coefficient (Wildman–Crippen LogP) is 3.22. The largest absolute Gasteiger partial charge is 0.366 e. The molecule has 0 radical (unpaired) electrons. The van der Waals surface area contributed by atoms with Crippen LogP contribution in [0.3, 0.4) is 0 Å². The first-order valence-electron chi connectivity index (χ1n) is 8.46. The monoisotopic (exact) mass is 347 g/mol. The minimum absolute atomic E-state index is 0.370. The van der Waals surface area contributed by atoms with E-state index in [-0.39, 0.29) is 0 Å². The molecule has 1 fully saturated rings. The highest BCUT2D eigenvalue weighted by Crippen LogP contribution is 2.39. The first kappa shape index (κ1) is 17.5. The number of hydrogen-bond acceptors (Lipinski definition) is 5. The van der Waals surface area contributed by atoms with Gasteiger partial charge in [0.25, 0.3) is 0 Å². The molecule has 0 bridgehead atoms. The van der Waals surface area contributed by atoms with E-state index in [0.29, 0.717) is 29.8 Å². The fraction of sp³-hybridized carbons (Fsp3) is 0.444. The molecule has 0 amide bonds. The van der Waals surface area contributed by atoms with Gasteiger partial charge in [0, 0.05) is 31.6 Å². The van der Waals surface area contributed by atoms with E-state index in [9.17, 15) is 8.78 Å². The second-order valence-electron chi connectivity index (χ2n) is 6.61. The summed E-state index contributed by atoms with van der Waals surface area (Å²) in [4.78, 5) is 11.1. The number of nitrogens with zero attached hydrogens (tertiary/aromatic N) is 3. The average molecular weight is 347 g/mol. The maximum atomic E-state index is 13.3. The number of halogens is 2. The molecule has 25 heavy (non-hydrogen) atoms. The van der Waals surface area contributed by atoms with Crippen molar-refractivity contribution in [3.8, 4) is 0 Å². The summed E-state index contributed by atoms with van der Waals surface area (Å²) in [5.41, 5.74) is 1.68. The fourth-order valence-electron chi connectivity index (χ4n) is 2.46. The van der Waals surface area contributed by atoms with Crippen LogP contribution in [0.1, 0.15) is 30.0 Å². The van der Waals surface area contributed by atoms with E-state index in [0.717, 1.165) is 37.7 Å². The van der Waals surface area contributed by atoms with Gasteiger partial charge in [-0.3, -0.25) is 0 Å². The lowest BCUT2D eigenvalue weighted by molar-refractivity contribution is 0.425. The molecule has 1 aromatic carbocycles. The van der Waals surface area contributed by atoms with Gasteiger partial charge in [-0.1, -0.05) is 6.07 Å². The lowest BCUT2D eigenvalue weighted by atomic mass is 10.2. The summed E-state index contributed by atoms with van der Waals surface area (Å²) in [6, 6.07) is 5.83. The maximum Gasteiger partial charge on any atom is 0.224 e. The highest BCUT2D eigenvalue weighted by atomic mass is 19.2. The van der Waals surface area contributed by atoms with Crippen LogP contribution in [0.25, 0.3) is 0 Å². The van der Waals surface area contributed by atoms with Crippen LogP contribution in [0.5, 0.6) is 0 Å². The Labute approximate surface area is 146 Å². The van der Waals surface area contributed by atoms with Crippen molar-refractivity contribution in [3.63, 3.8) is 0 Å². The maximum absolute atomic E-state index is 13.3. The second kappa shape index (κ2) is 7.74. The molecule has 1 aromatic heterocycles. The molecule has 0 atom stereocenters. The minimum atomic E-state index is -0.841. The molecule has 1 aliphatic carbocycles. The number of likely N-dealkylation sites (N-methyl/N-ethyl adjacent to an activating group) is 1. The van der Waals surface area contributed by atoms with Crippen LogP contribution in [0.4, 0.5) is 20.5 Å². The van der Waals surface area contributed by atoms with Crippen molar-refractivity contribution in [2.75, 3.05) is 37.8 Å². The number of hydrogen-bond donors (Lipinski definition) is 2. The predicted molar refractivity (Wildman–Crippen MR) is 94.7 cm³/mol. The van der Waals surface area contributed by atoms with Crippen molar-refractivity contribution in [2.24, 2.45) is 0 Å². The van der Waals surface area contributed by atoms with Crippen molar-refractivity contribution >= 4 is 11.8 Å². The lowest BCUT2D eigenvalue weighted by Crippen LogP contribution is -2.21. The van der Waals surface area contributed by atoms with Crippen molar-refractivity contribution in [2.45, 2.75) is 25.3 Å². The van der Waals surface area contributed by atoms with Gasteiger partial charge in [-0.25, -0.2) is 13.8 Å². The Morgan fingerprint density at radius 2 is 1.88 bits per heavy atom. The Morgan fingerprint density at radius 1 is 1.08 bits per heavy atom. The highest BCUT2D eigenvalue weighted by molar-refractivity contribution is 5.44. The number of rotatable bonds is 8. The van der Waals surface area contributed by atoms with Gasteiger partial charge in [0.2, 0.25) is 5.95 Å². The first-order chi connectivity index (χ1) is 12.0. The van der Waals surface area contributed by atoms with Crippen molar-refractivity contribution in [1.82, 2.24) is 14.9 Å². The van der Waals surface area contributed by atoms with Crippen LogP contribution in [-0.2, 0) is 6.54 Å². The summed E-state index contributed by atoms with van der Waals surface area (Å²) in [5, 5.41) is 6.42. The molecule has 7 heteroatoms. The van der Waals surface area contributed by atoms with E-state index in [1.807, 2.05) is 20.2 Å². The highest BCUT2D eigenvalue weighted by Gasteiger charge is 2.26. The van der Waals surface area contributed by atoms with E-state index in [4.69, 9.17) is 0 Å².